The van der Waals surface area contributed by atoms with Crippen molar-refractivity contribution in [3.05, 3.63) is 40.9 Å². The molecule has 0 spiro atoms. The fraction of sp³-hybridized carbons (Fsp3) is 0.167. The van der Waals surface area contributed by atoms with Crippen LogP contribution in [0.2, 0.25) is 5.02 Å². The summed E-state index contributed by atoms with van der Waals surface area (Å²) in [6.07, 6.45) is 2.16. The molecule has 1 aromatic carbocycles. The van der Waals surface area contributed by atoms with Gasteiger partial charge in [0.05, 0.1) is 19.8 Å². The molecule has 5 heteroatoms. The maximum Gasteiger partial charge on any atom is 0.330 e. The van der Waals surface area contributed by atoms with Crippen LogP contribution in [0.3, 0.4) is 0 Å². The number of methoxy groups -OCH3 is 2. The van der Waals surface area contributed by atoms with E-state index in [4.69, 9.17) is 16.3 Å². The average Bonchev–Trinajstić information content (AvgIpc) is 2.35. The second-order valence-electron chi connectivity index (χ2n) is 3.07. The third kappa shape index (κ3) is 3.60. The summed E-state index contributed by atoms with van der Waals surface area (Å²) in [5.41, 5.74) is 0.292. The Morgan fingerprint density at radius 2 is 1.94 bits per heavy atom. The molecule has 0 bridgehead atoms. The van der Waals surface area contributed by atoms with Gasteiger partial charge in [-0.1, -0.05) is 11.6 Å². The zero-order chi connectivity index (χ0) is 12.8. The van der Waals surface area contributed by atoms with E-state index in [-0.39, 0.29) is 5.78 Å². The Morgan fingerprint density at radius 1 is 1.24 bits per heavy atom. The Morgan fingerprint density at radius 3 is 2.53 bits per heavy atom. The van der Waals surface area contributed by atoms with Gasteiger partial charge in [0.15, 0.2) is 5.78 Å². The Labute approximate surface area is 104 Å². The molecule has 0 radical (unpaired) electrons. The molecule has 1 aromatic rings. The largest absolute Gasteiger partial charge is 0.496 e. The van der Waals surface area contributed by atoms with E-state index in [1.165, 1.54) is 20.3 Å². The normalized spacial score (nSPS) is 10.3. The minimum absolute atomic E-state index is 0.292. The van der Waals surface area contributed by atoms with E-state index in [1.54, 1.807) is 12.1 Å². The van der Waals surface area contributed by atoms with Crippen LogP contribution in [0, 0.1) is 0 Å². The van der Waals surface area contributed by atoms with Gasteiger partial charge in [0.25, 0.3) is 0 Å². The van der Waals surface area contributed by atoms with Crippen molar-refractivity contribution in [1.29, 1.82) is 0 Å². The quantitative estimate of drug-likeness (QED) is 0.470. The van der Waals surface area contributed by atoms with Crippen LogP contribution in [-0.2, 0) is 9.53 Å². The number of allylic oxidation sites excluding steroid dienone is 1. The number of halogens is 1. The predicted molar refractivity (Wildman–Crippen MR) is 63.5 cm³/mol. The zero-order valence-corrected chi connectivity index (χ0v) is 10.2. The highest BCUT2D eigenvalue weighted by atomic mass is 35.5. The van der Waals surface area contributed by atoms with Gasteiger partial charge in [-0.25, -0.2) is 4.79 Å². The van der Waals surface area contributed by atoms with E-state index in [2.05, 4.69) is 4.74 Å². The van der Waals surface area contributed by atoms with Gasteiger partial charge >= 0.3 is 5.97 Å². The van der Waals surface area contributed by atoms with E-state index in [1.807, 2.05) is 0 Å². The fourth-order valence-electron chi connectivity index (χ4n) is 1.17. The summed E-state index contributed by atoms with van der Waals surface area (Å²) in [6.45, 7) is 0. The first-order valence-electron chi connectivity index (χ1n) is 4.72. The molecule has 0 aromatic heterocycles. The third-order valence-corrected chi connectivity index (χ3v) is 2.23. The minimum Gasteiger partial charge on any atom is -0.496 e. The van der Waals surface area contributed by atoms with Gasteiger partial charge in [0.2, 0.25) is 0 Å². The maximum atomic E-state index is 11.8. The first-order valence-corrected chi connectivity index (χ1v) is 5.10. The molecule has 0 aliphatic carbocycles. The molecule has 0 heterocycles. The zero-order valence-electron chi connectivity index (χ0n) is 9.40. The molecule has 0 saturated carbocycles. The van der Waals surface area contributed by atoms with Crippen molar-refractivity contribution >= 4 is 23.4 Å². The summed E-state index contributed by atoms with van der Waals surface area (Å²) >= 11 is 5.78. The van der Waals surface area contributed by atoms with Crippen LogP contribution in [0.1, 0.15) is 10.4 Å². The molecule has 0 atom stereocenters. The van der Waals surface area contributed by atoms with E-state index in [0.717, 1.165) is 12.2 Å². The summed E-state index contributed by atoms with van der Waals surface area (Å²) in [4.78, 5) is 22.6. The number of benzene rings is 1. The lowest BCUT2D eigenvalue weighted by molar-refractivity contribution is -0.134. The molecule has 17 heavy (non-hydrogen) atoms. The van der Waals surface area contributed by atoms with Crippen molar-refractivity contribution in [3.8, 4) is 5.75 Å². The number of carbonyl (C=O) groups is 2. The van der Waals surface area contributed by atoms with Crippen LogP contribution in [-0.4, -0.2) is 26.0 Å². The molecule has 0 amide bonds. The van der Waals surface area contributed by atoms with Crippen molar-refractivity contribution in [2.24, 2.45) is 0 Å². The highest BCUT2D eigenvalue weighted by Gasteiger charge is 2.10. The summed E-state index contributed by atoms with van der Waals surface area (Å²) in [5.74, 6) is -0.581. The van der Waals surface area contributed by atoms with Crippen LogP contribution in [0.25, 0.3) is 0 Å². The highest BCUT2D eigenvalue weighted by molar-refractivity contribution is 6.31. The molecule has 1 rings (SSSR count). The van der Waals surface area contributed by atoms with Crippen LogP contribution in [0.4, 0.5) is 0 Å². The lowest BCUT2D eigenvalue weighted by Crippen LogP contribution is -2.01. The van der Waals surface area contributed by atoms with Crippen LogP contribution < -0.4 is 4.74 Å². The van der Waals surface area contributed by atoms with Gasteiger partial charge in [0.1, 0.15) is 5.75 Å². The highest BCUT2D eigenvalue weighted by Crippen LogP contribution is 2.23. The lowest BCUT2D eigenvalue weighted by Gasteiger charge is -2.05. The number of rotatable bonds is 4. The fourth-order valence-corrected chi connectivity index (χ4v) is 1.35. The second kappa shape index (κ2) is 6.06. The monoisotopic (exact) mass is 254 g/mol. The topological polar surface area (TPSA) is 52.6 Å². The molecule has 0 aliphatic rings. The number of hydrogen-bond donors (Lipinski definition) is 0. The van der Waals surface area contributed by atoms with Crippen molar-refractivity contribution in [3.63, 3.8) is 0 Å². The van der Waals surface area contributed by atoms with Crippen LogP contribution in [0.15, 0.2) is 30.4 Å². The van der Waals surface area contributed by atoms with Crippen molar-refractivity contribution in [2.45, 2.75) is 0 Å². The van der Waals surface area contributed by atoms with Gasteiger partial charge in [0, 0.05) is 11.1 Å². The smallest absolute Gasteiger partial charge is 0.330 e. The number of ketones is 1. The third-order valence-electron chi connectivity index (χ3n) is 2.00. The SMILES string of the molecule is COC(=O)/C=C/C(=O)c1cc(Cl)ccc1OC. The summed E-state index contributed by atoms with van der Waals surface area (Å²) in [6, 6.07) is 4.67. The van der Waals surface area contributed by atoms with Crippen LogP contribution >= 0.6 is 11.6 Å². The molecule has 0 saturated heterocycles. The predicted octanol–water partition coefficient (Wildman–Crippen LogP) is 2.26. The van der Waals surface area contributed by atoms with E-state index in [0.29, 0.717) is 16.3 Å². The van der Waals surface area contributed by atoms with Gasteiger partial charge in [-0.15, -0.1) is 0 Å². The molecule has 0 fully saturated rings. The van der Waals surface area contributed by atoms with Crippen molar-refractivity contribution < 1.29 is 19.1 Å². The number of esters is 1. The number of ether oxygens (including phenoxy) is 2. The molecule has 0 unspecified atom stereocenters. The van der Waals surface area contributed by atoms with Gasteiger partial charge < -0.3 is 9.47 Å². The van der Waals surface area contributed by atoms with E-state index < -0.39 is 5.97 Å². The number of carbonyl (C=O) groups excluding carboxylic acids is 2. The molecule has 0 N–H and O–H groups in total. The lowest BCUT2D eigenvalue weighted by atomic mass is 10.1. The molecule has 4 nitrogen and oxygen atoms in total. The Bertz CT molecular complexity index is 466. The first-order chi connectivity index (χ1) is 8.08. The molecular formula is C12H11ClO4. The van der Waals surface area contributed by atoms with Gasteiger partial charge in [-0.2, -0.15) is 0 Å². The van der Waals surface area contributed by atoms with Crippen LogP contribution in [0.5, 0.6) is 5.75 Å². The molecule has 90 valence electrons. The summed E-state index contributed by atoms with van der Waals surface area (Å²) in [7, 11) is 2.68. The second-order valence-corrected chi connectivity index (χ2v) is 3.50. The first kappa shape index (κ1) is 13.3. The van der Waals surface area contributed by atoms with Gasteiger partial charge in [-0.3, -0.25) is 4.79 Å². The Hall–Kier alpha value is -1.81. The van der Waals surface area contributed by atoms with E-state index in [9.17, 15) is 9.59 Å². The maximum absolute atomic E-state index is 11.8. The Balaban J connectivity index is 2.99. The molecule has 0 aliphatic heterocycles. The van der Waals surface area contributed by atoms with E-state index >= 15 is 0 Å². The van der Waals surface area contributed by atoms with Crippen molar-refractivity contribution in [2.75, 3.05) is 14.2 Å². The summed E-state index contributed by atoms with van der Waals surface area (Å²) < 4.78 is 9.41. The Kier molecular flexibility index (Phi) is 4.72. The average molecular weight is 255 g/mol. The van der Waals surface area contributed by atoms with Gasteiger partial charge in [-0.05, 0) is 24.3 Å². The standard InChI is InChI=1S/C12H11ClO4/c1-16-11-5-3-8(13)7-9(11)10(14)4-6-12(15)17-2/h3-7H,1-2H3/b6-4+. The molecular weight excluding hydrogens is 244 g/mol. The summed E-state index contributed by atoms with van der Waals surface area (Å²) in [5, 5.41) is 0.417. The van der Waals surface area contributed by atoms with Crippen molar-refractivity contribution in [1.82, 2.24) is 0 Å². The minimum atomic E-state index is -0.598. The number of hydrogen-bond acceptors (Lipinski definition) is 4.